The second-order valence-corrected chi connectivity index (χ2v) is 8.65. The van der Waals surface area contributed by atoms with Crippen LogP contribution >= 0.6 is 23.1 Å². The van der Waals surface area contributed by atoms with Gasteiger partial charge >= 0.3 is 0 Å². The molecular weight excluding hydrogens is 370 g/mol. The number of rotatable bonds is 7. The first-order chi connectivity index (χ1) is 12.6. The highest BCUT2D eigenvalue weighted by Gasteiger charge is 2.31. The van der Waals surface area contributed by atoms with E-state index in [9.17, 15) is 9.59 Å². The number of fused-ring (bicyclic) bond motifs is 1. The fraction of sp³-hybridized carbons (Fsp3) is 0.529. The monoisotopic (exact) mass is 391 g/mol. The summed E-state index contributed by atoms with van der Waals surface area (Å²) in [5.41, 5.74) is 6.56. The largest absolute Gasteiger partial charge is 0.370 e. The molecule has 1 aliphatic carbocycles. The number of aromatic nitrogens is 3. The van der Waals surface area contributed by atoms with Crippen molar-refractivity contribution in [1.82, 2.24) is 19.7 Å². The molecule has 4 rings (SSSR count). The lowest BCUT2D eigenvalue weighted by Crippen LogP contribution is -2.36. The van der Waals surface area contributed by atoms with Crippen molar-refractivity contribution in [3.05, 3.63) is 27.7 Å². The van der Waals surface area contributed by atoms with Crippen molar-refractivity contribution >= 4 is 34.9 Å². The minimum atomic E-state index is -0.340. The van der Waals surface area contributed by atoms with Crippen LogP contribution in [0.4, 0.5) is 0 Å². The number of thiophene rings is 1. The molecule has 9 heteroatoms. The van der Waals surface area contributed by atoms with Gasteiger partial charge in [-0.05, 0) is 36.3 Å². The smallest absolute Gasteiger partial charge is 0.233 e. The minimum absolute atomic E-state index is 0.115. The average molecular weight is 392 g/mol. The third-order valence-electron chi connectivity index (χ3n) is 4.75. The number of carbonyl (C=O) groups is 2. The van der Waals surface area contributed by atoms with E-state index in [2.05, 4.69) is 21.6 Å². The van der Waals surface area contributed by atoms with Gasteiger partial charge in [0.05, 0.1) is 5.75 Å². The lowest BCUT2D eigenvalue weighted by atomic mass is 10.1. The Hall–Kier alpha value is -1.87. The molecule has 2 aromatic rings. The molecule has 1 saturated carbocycles. The van der Waals surface area contributed by atoms with Crippen LogP contribution in [0.3, 0.4) is 0 Å². The van der Waals surface area contributed by atoms with Crippen LogP contribution in [0.25, 0.3) is 0 Å². The van der Waals surface area contributed by atoms with Crippen LogP contribution in [0.15, 0.2) is 16.6 Å². The Bertz CT molecular complexity index is 827. The zero-order valence-electron chi connectivity index (χ0n) is 14.4. The van der Waals surface area contributed by atoms with E-state index >= 15 is 0 Å². The molecule has 0 atom stereocenters. The lowest BCUT2D eigenvalue weighted by Gasteiger charge is -2.26. The summed E-state index contributed by atoms with van der Waals surface area (Å²) in [4.78, 5) is 27.1. The molecule has 1 aliphatic heterocycles. The molecule has 26 heavy (non-hydrogen) atoms. The van der Waals surface area contributed by atoms with E-state index in [0.29, 0.717) is 29.9 Å². The fourth-order valence-electron chi connectivity index (χ4n) is 3.16. The third kappa shape index (κ3) is 3.78. The molecular formula is C17H21N5O2S2. The van der Waals surface area contributed by atoms with E-state index in [4.69, 9.17) is 5.73 Å². The second kappa shape index (κ2) is 7.40. The first kappa shape index (κ1) is 17.5. The Morgan fingerprint density at radius 1 is 1.35 bits per heavy atom. The quantitative estimate of drug-likeness (QED) is 0.726. The summed E-state index contributed by atoms with van der Waals surface area (Å²) in [6.07, 6.45) is 3.40. The van der Waals surface area contributed by atoms with Crippen molar-refractivity contribution in [3.63, 3.8) is 0 Å². The van der Waals surface area contributed by atoms with Gasteiger partial charge in [-0.25, -0.2) is 0 Å². The molecule has 1 fully saturated rings. The Kier molecular flexibility index (Phi) is 4.99. The van der Waals surface area contributed by atoms with E-state index in [1.807, 2.05) is 9.47 Å². The average Bonchev–Trinajstić information content (AvgIpc) is 3.22. The molecule has 138 valence electrons. The van der Waals surface area contributed by atoms with E-state index in [1.165, 1.54) is 22.2 Å². The van der Waals surface area contributed by atoms with Crippen molar-refractivity contribution in [2.75, 3.05) is 12.3 Å². The Balaban J connectivity index is 1.39. The van der Waals surface area contributed by atoms with Gasteiger partial charge < -0.3 is 15.2 Å². The summed E-state index contributed by atoms with van der Waals surface area (Å²) < 4.78 is 1.97. The molecule has 0 radical (unpaired) electrons. The van der Waals surface area contributed by atoms with Gasteiger partial charge in [0.15, 0.2) is 5.16 Å². The zero-order chi connectivity index (χ0) is 18.1. The summed E-state index contributed by atoms with van der Waals surface area (Å²) in [5, 5.41) is 11.3. The topological polar surface area (TPSA) is 94.1 Å². The van der Waals surface area contributed by atoms with Crippen LogP contribution in [0.2, 0.25) is 0 Å². The van der Waals surface area contributed by atoms with Crippen LogP contribution in [-0.2, 0) is 29.1 Å². The lowest BCUT2D eigenvalue weighted by molar-refractivity contribution is -0.129. The molecule has 2 amide bonds. The standard InChI is InChI=1S/C17H21N5O2S2/c18-14(23)4-7-22-16(11-1-2-11)19-20-17(22)26-10-15(24)21-6-3-13-12(9-21)5-8-25-13/h5,8,11H,1-4,6-7,9-10H2,(H2,18,23). The predicted octanol–water partition coefficient (Wildman–Crippen LogP) is 1.77. The van der Waals surface area contributed by atoms with Gasteiger partial charge in [0.25, 0.3) is 0 Å². The van der Waals surface area contributed by atoms with E-state index in [0.717, 1.165) is 31.6 Å². The van der Waals surface area contributed by atoms with Crippen molar-refractivity contribution in [1.29, 1.82) is 0 Å². The highest BCUT2D eigenvalue weighted by Crippen LogP contribution is 2.40. The minimum Gasteiger partial charge on any atom is -0.370 e. The number of thioether (sulfide) groups is 1. The molecule has 0 saturated heterocycles. The molecule has 2 aromatic heterocycles. The fourth-order valence-corrected chi connectivity index (χ4v) is 4.93. The molecule has 2 aliphatic rings. The van der Waals surface area contributed by atoms with Crippen LogP contribution < -0.4 is 5.73 Å². The highest BCUT2D eigenvalue weighted by molar-refractivity contribution is 7.99. The summed E-state index contributed by atoms with van der Waals surface area (Å²) in [6, 6.07) is 2.11. The van der Waals surface area contributed by atoms with E-state index < -0.39 is 0 Å². The molecule has 0 aromatic carbocycles. The number of hydrogen-bond acceptors (Lipinski definition) is 6. The van der Waals surface area contributed by atoms with Gasteiger partial charge in [-0.2, -0.15) is 0 Å². The van der Waals surface area contributed by atoms with Gasteiger partial charge in [-0.1, -0.05) is 11.8 Å². The number of amides is 2. The van der Waals surface area contributed by atoms with Crippen LogP contribution in [0.1, 0.15) is 41.4 Å². The van der Waals surface area contributed by atoms with Gasteiger partial charge in [0.1, 0.15) is 5.82 Å². The number of nitrogens with two attached hydrogens (primary N) is 1. The van der Waals surface area contributed by atoms with Crippen molar-refractivity contribution in [2.24, 2.45) is 5.73 Å². The van der Waals surface area contributed by atoms with Gasteiger partial charge in [-0.15, -0.1) is 21.5 Å². The van der Waals surface area contributed by atoms with Crippen molar-refractivity contribution < 1.29 is 9.59 Å². The van der Waals surface area contributed by atoms with Crippen molar-refractivity contribution in [2.45, 2.75) is 49.8 Å². The number of hydrogen-bond donors (Lipinski definition) is 1. The highest BCUT2D eigenvalue weighted by atomic mass is 32.2. The molecule has 7 nitrogen and oxygen atoms in total. The Morgan fingerprint density at radius 3 is 2.96 bits per heavy atom. The Morgan fingerprint density at radius 2 is 2.19 bits per heavy atom. The maximum Gasteiger partial charge on any atom is 0.233 e. The maximum atomic E-state index is 12.6. The summed E-state index contributed by atoms with van der Waals surface area (Å²) in [6.45, 7) is 1.95. The first-order valence-corrected chi connectivity index (χ1v) is 10.7. The van der Waals surface area contributed by atoms with Crippen LogP contribution in [0.5, 0.6) is 0 Å². The summed E-state index contributed by atoms with van der Waals surface area (Å²) in [5.74, 6) is 1.46. The molecule has 0 bridgehead atoms. The SMILES string of the molecule is NC(=O)CCn1c(SCC(=O)N2CCc3sccc3C2)nnc1C1CC1. The first-order valence-electron chi connectivity index (χ1n) is 8.79. The van der Waals surface area contributed by atoms with Gasteiger partial charge in [-0.3, -0.25) is 9.59 Å². The van der Waals surface area contributed by atoms with E-state index in [1.54, 1.807) is 11.3 Å². The number of carbonyl (C=O) groups excluding carboxylic acids is 2. The third-order valence-corrected chi connectivity index (χ3v) is 6.73. The number of nitrogens with zero attached hydrogens (tertiary/aromatic N) is 4. The molecule has 0 unspecified atom stereocenters. The predicted molar refractivity (Wildman–Crippen MR) is 100.0 cm³/mol. The van der Waals surface area contributed by atoms with Gasteiger partial charge in [0, 0.05) is 36.9 Å². The Labute approximate surface area is 160 Å². The van der Waals surface area contributed by atoms with Crippen LogP contribution in [-0.4, -0.2) is 43.8 Å². The second-order valence-electron chi connectivity index (χ2n) is 6.71. The van der Waals surface area contributed by atoms with Crippen molar-refractivity contribution in [3.8, 4) is 0 Å². The maximum absolute atomic E-state index is 12.6. The summed E-state index contributed by atoms with van der Waals surface area (Å²) >= 11 is 3.17. The number of primary amides is 1. The van der Waals surface area contributed by atoms with E-state index in [-0.39, 0.29) is 18.2 Å². The molecule has 3 heterocycles. The normalized spacial score (nSPS) is 16.5. The molecule has 0 spiro atoms. The van der Waals surface area contributed by atoms with Crippen LogP contribution in [0, 0.1) is 0 Å². The zero-order valence-corrected chi connectivity index (χ0v) is 16.0. The van der Waals surface area contributed by atoms with Gasteiger partial charge in [0.2, 0.25) is 11.8 Å². The summed E-state index contributed by atoms with van der Waals surface area (Å²) in [7, 11) is 0. The molecule has 2 N–H and O–H groups in total.